The normalized spacial score (nSPS) is 11.8. The predicted octanol–water partition coefficient (Wildman–Crippen LogP) is 2.79. The lowest BCUT2D eigenvalue weighted by Gasteiger charge is -2.13. The molecule has 6 heteroatoms. The number of carbonyl (C=O) groups is 1. The minimum Gasteiger partial charge on any atom is -0.493 e. The van der Waals surface area contributed by atoms with Crippen LogP contribution in [-0.2, 0) is 4.79 Å². The van der Waals surface area contributed by atoms with Gasteiger partial charge in [0.25, 0.3) is 0 Å². The fourth-order valence-corrected chi connectivity index (χ4v) is 2.56. The predicted molar refractivity (Wildman–Crippen MR) is 84.0 cm³/mol. The van der Waals surface area contributed by atoms with Crippen LogP contribution in [0.15, 0.2) is 35.7 Å². The highest BCUT2D eigenvalue weighted by Gasteiger charge is 2.17. The van der Waals surface area contributed by atoms with Crippen molar-refractivity contribution in [3.63, 3.8) is 0 Å². The van der Waals surface area contributed by atoms with Crippen LogP contribution >= 0.6 is 11.3 Å². The van der Waals surface area contributed by atoms with Crippen molar-refractivity contribution in [2.75, 3.05) is 19.0 Å². The molecule has 0 aliphatic carbocycles. The van der Waals surface area contributed by atoms with Gasteiger partial charge >= 0.3 is 0 Å². The molecule has 5 nitrogen and oxygen atoms in total. The highest BCUT2D eigenvalue weighted by molar-refractivity contribution is 7.10. The van der Waals surface area contributed by atoms with Crippen molar-refractivity contribution >= 4 is 22.9 Å². The minimum atomic E-state index is -0.678. The lowest BCUT2D eigenvalue weighted by molar-refractivity contribution is -0.117. The molecule has 1 atom stereocenters. The van der Waals surface area contributed by atoms with Gasteiger partial charge in [0.05, 0.1) is 13.7 Å². The SMILES string of the molecule is CCOc1ccc(NC(=O)C(N)c2cccs2)cc1OC. The summed E-state index contributed by atoms with van der Waals surface area (Å²) in [4.78, 5) is 12.9. The number of hydrogen-bond donors (Lipinski definition) is 2. The average Bonchev–Trinajstić information content (AvgIpc) is 3.02. The molecule has 2 aromatic rings. The number of nitrogens with two attached hydrogens (primary N) is 1. The maximum atomic E-state index is 12.1. The van der Waals surface area contributed by atoms with Crippen molar-refractivity contribution < 1.29 is 14.3 Å². The first-order valence-electron chi connectivity index (χ1n) is 6.56. The summed E-state index contributed by atoms with van der Waals surface area (Å²) in [5.41, 5.74) is 6.54. The van der Waals surface area contributed by atoms with Crippen molar-refractivity contribution in [2.45, 2.75) is 13.0 Å². The van der Waals surface area contributed by atoms with E-state index in [9.17, 15) is 4.79 Å². The van der Waals surface area contributed by atoms with Gasteiger partial charge in [0.1, 0.15) is 6.04 Å². The van der Waals surface area contributed by atoms with Crippen LogP contribution in [0, 0.1) is 0 Å². The standard InChI is InChI=1S/C15H18N2O3S/c1-3-20-11-7-6-10(9-12(11)19-2)17-15(18)14(16)13-5-4-8-21-13/h4-9,14H,3,16H2,1-2H3,(H,17,18). The Balaban J connectivity index is 2.10. The number of thiophene rings is 1. The molecule has 21 heavy (non-hydrogen) atoms. The molecular formula is C15H18N2O3S. The van der Waals surface area contributed by atoms with Gasteiger partial charge in [0.2, 0.25) is 5.91 Å². The van der Waals surface area contributed by atoms with Gasteiger partial charge in [-0.1, -0.05) is 6.07 Å². The van der Waals surface area contributed by atoms with Gasteiger partial charge in [-0.2, -0.15) is 0 Å². The van der Waals surface area contributed by atoms with Crippen LogP contribution in [0.4, 0.5) is 5.69 Å². The number of methoxy groups -OCH3 is 1. The second kappa shape index (κ2) is 7.10. The van der Waals surface area contributed by atoms with E-state index in [2.05, 4.69) is 5.32 Å². The lowest BCUT2D eigenvalue weighted by Crippen LogP contribution is -2.26. The van der Waals surface area contributed by atoms with Crippen LogP contribution in [0.2, 0.25) is 0 Å². The summed E-state index contributed by atoms with van der Waals surface area (Å²) >= 11 is 1.46. The summed E-state index contributed by atoms with van der Waals surface area (Å²) in [5, 5.41) is 4.67. The Kier molecular flexibility index (Phi) is 5.19. The minimum absolute atomic E-state index is 0.260. The maximum Gasteiger partial charge on any atom is 0.246 e. The molecule has 1 amide bonds. The molecule has 0 saturated heterocycles. The summed E-state index contributed by atoms with van der Waals surface area (Å²) in [6.45, 7) is 2.44. The van der Waals surface area contributed by atoms with E-state index < -0.39 is 6.04 Å². The molecule has 0 fully saturated rings. The molecule has 0 aliphatic heterocycles. The van der Waals surface area contributed by atoms with Crippen LogP contribution in [0.25, 0.3) is 0 Å². The summed E-state index contributed by atoms with van der Waals surface area (Å²) in [6.07, 6.45) is 0. The van der Waals surface area contributed by atoms with E-state index in [1.165, 1.54) is 11.3 Å². The first-order chi connectivity index (χ1) is 10.2. The summed E-state index contributed by atoms with van der Waals surface area (Å²) in [6, 6.07) is 8.26. The van der Waals surface area contributed by atoms with Crippen LogP contribution in [-0.4, -0.2) is 19.6 Å². The van der Waals surface area contributed by atoms with Gasteiger partial charge < -0.3 is 20.5 Å². The average molecular weight is 306 g/mol. The Morgan fingerprint density at radius 2 is 2.19 bits per heavy atom. The molecule has 3 N–H and O–H groups in total. The molecule has 1 heterocycles. The molecule has 1 aromatic carbocycles. The molecule has 0 radical (unpaired) electrons. The van der Waals surface area contributed by atoms with E-state index in [0.29, 0.717) is 23.8 Å². The number of nitrogens with one attached hydrogen (secondary N) is 1. The Morgan fingerprint density at radius 3 is 2.81 bits per heavy atom. The van der Waals surface area contributed by atoms with E-state index in [4.69, 9.17) is 15.2 Å². The summed E-state index contributed by atoms with van der Waals surface area (Å²) < 4.78 is 10.7. The third kappa shape index (κ3) is 3.74. The maximum absolute atomic E-state index is 12.1. The Morgan fingerprint density at radius 1 is 1.38 bits per heavy atom. The summed E-state index contributed by atoms with van der Waals surface area (Å²) in [7, 11) is 1.56. The second-order valence-electron chi connectivity index (χ2n) is 4.28. The third-order valence-electron chi connectivity index (χ3n) is 2.86. The van der Waals surface area contributed by atoms with Gasteiger partial charge in [0, 0.05) is 16.6 Å². The number of hydrogen-bond acceptors (Lipinski definition) is 5. The number of anilines is 1. The smallest absolute Gasteiger partial charge is 0.246 e. The number of carbonyl (C=O) groups excluding carboxylic acids is 1. The third-order valence-corrected chi connectivity index (χ3v) is 3.82. The molecule has 2 rings (SSSR count). The molecule has 1 aromatic heterocycles. The quantitative estimate of drug-likeness (QED) is 0.860. The first-order valence-corrected chi connectivity index (χ1v) is 7.44. The molecule has 0 spiro atoms. The monoisotopic (exact) mass is 306 g/mol. The largest absolute Gasteiger partial charge is 0.493 e. The number of amides is 1. The molecule has 1 unspecified atom stereocenters. The fourth-order valence-electron chi connectivity index (χ4n) is 1.84. The zero-order valence-electron chi connectivity index (χ0n) is 12.0. The van der Waals surface area contributed by atoms with Gasteiger partial charge in [-0.3, -0.25) is 4.79 Å². The van der Waals surface area contributed by atoms with Gasteiger partial charge in [-0.25, -0.2) is 0 Å². The second-order valence-corrected chi connectivity index (χ2v) is 5.26. The first kappa shape index (κ1) is 15.3. The topological polar surface area (TPSA) is 73.6 Å². The van der Waals surface area contributed by atoms with Crippen molar-refractivity contribution in [2.24, 2.45) is 5.73 Å². The van der Waals surface area contributed by atoms with Crippen LogP contribution in [0.3, 0.4) is 0 Å². The lowest BCUT2D eigenvalue weighted by atomic mass is 10.2. The highest BCUT2D eigenvalue weighted by Crippen LogP contribution is 2.30. The van der Waals surface area contributed by atoms with Crippen molar-refractivity contribution in [1.29, 1.82) is 0 Å². The van der Waals surface area contributed by atoms with Gasteiger partial charge in [-0.05, 0) is 30.5 Å². The van der Waals surface area contributed by atoms with E-state index in [-0.39, 0.29) is 5.91 Å². The van der Waals surface area contributed by atoms with Crippen molar-refractivity contribution in [1.82, 2.24) is 0 Å². The van der Waals surface area contributed by atoms with Crippen LogP contribution < -0.4 is 20.5 Å². The van der Waals surface area contributed by atoms with Crippen LogP contribution in [0.1, 0.15) is 17.8 Å². The Bertz CT molecular complexity index is 599. The van der Waals surface area contributed by atoms with E-state index in [1.807, 2.05) is 24.4 Å². The van der Waals surface area contributed by atoms with Gasteiger partial charge in [0.15, 0.2) is 11.5 Å². The Labute approximate surface area is 127 Å². The fraction of sp³-hybridized carbons (Fsp3) is 0.267. The molecular weight excluding hydrogens is 288 g/mol. The number of rotatable bonds is 6. The highest BCUT2D eigenvalue weighted by atomic mass is 32.1. The molecule has 112 valence electrons. The van der Waals surface area contributed by atoms with Crippen LogP contribution in [0.5, 0.6) is 11.5 Å². The molecule has 0 bridgehead atoms. The van der Waals surface area contributed by atoms with E-state index in [1.54, 1.807) is 25.3 Å². The molecule has 0 saturated carbocycles. The van der Waals surface area contributed by atoms with Crippen molar-refractivity contribution in [3.8, 4) is 11.5 Å². The molecule has 0 aliphatic rings. The van der Waals surface area contributed by atoms with E-state index in [0.717, 1.165) is 4.88 Å². The zero-order chi connectivity index (χ0) is 15.2. The van der Waals surface area contributed by atoms with E-state index >= 15 is 0 Å². The number of ether oxygens (including phenoxy) is 2. The summed E-state index contributed by atoms with van der Waals surface area (Å²) in [5.74, 6) is 0.948. The van der Waals surface area contributed by atoms with Crippen molar-refractivity contribution in [3.05, 3.63) is 40.6 Å². The Hall–Kier alpha value is -2.05. The van der Waals surface area contributed by atoms with Gasteiger partial charge in [-0.15, -0.1) is 11.3 Å². The zero-order valence-corrected chi connectivity index (χ0v) is 12.8. The number of benzene rings is 1.